The van der Waals surface area contributed by atoms with Crippen LogP contribution < -0.4 is 5.32 Å². The monoisotopic (exact) mass is 210 g/mol. The first-order valence-electron chi connectivity index (χ1n) is 5.65. The summed E-state index contributed by atoms with van der Waals surface area (Å²) in [4.78, 5) is 4.54. The first kappa shape index (κ1) is 9.55. The van der Waals surface area contributed by atoms with Crippen molar-refractivity contribution in [2.24, 2.45) is 0 Å². The van der Waals surface area contributed by atoms with Crippen LogP contribution in [-0.4, -0.2) is 18.1 Å². The number of hydrogen-bond donors (Lipinski definition) is 1. The number of nitrogens with zero attached hydrogens (tertiary/aromatic N) is 1. The van der Waals surface area contributed by atoms with Crippen LogP contribution in [0.25, 0.3) is 11.1 Å². The molecule has 0 saturated carbocycles. The Morgan fingerprint density at radius 1 is 0.938 bits per heavy atom. The molecule has 16 heavy (non-hydrogen) atoms. The zero-order chi connectivity index (χ0) is 10.8. The van der Waals surface area contributed by atoms with E-state index < -0.39 is 0 Å². The van der Waals surface area contributed by atoms with E-state index in [1.807, 2.05) is 12.3 Å². The molecule has 0 radical (unpaired) electrons. The summed E-state index contributed by atoms with van der Waals surface area (Å²) in [5.41, 5.74) is 3.63. The Balaban J connectivity index is 1.87. The summed E-state index contributed by atoms with van der Waals surface area (Å²) in [6, 6.07) is 14.7. The minimum atomic E-state index is 0.616. The molecule has 2 heterocycles. The molecule has 80 valence electrons. The molecular weight excluding hydrogens is 196 g/mol. The predicted molar refractivity (Wildman–Crippen MR) is 65.3 cm³/mol. The van der Waals surface area contributed by atoms with Crippen LogP contribution in [0.5, 0.6) is 0 Å². The van der Waals surface area contributed by atoms with E-state index in [1.165, 1.54) is 16.8 Å². The lowest BCUT2D eigenvalue weighted by Gasteiger charge is -2.26. The molecule has 1 aliphatic heterocycles. The third kappa shape index (κ3) is 1.72. The average Bonchev–Trinajstić information content (AvgIpc) is 2.29. The van der Waals surface area contributed by atoms with Crippen molar-refractivity contribution in [2.45, 2.75) is 5.92 Å². The summed E-state index contributed by atoms with van der Waals surface area (Å²) >= 11 is 0. The molecule has 3 rings (SSSR count). The highest BCUT2D eigenvalue weighted by Crippen LogP contribution is 2.22. The average molecular weight is 210 g/mol. The van der Waals surface area contributed by atoms with Crippen molar-refractivity contribution in [2.75, 3.05) is 13.1 Å². The maximum Gasteiger partial charge on any atom is 0.0460 e. The van der Waals surface area contributed by atoms with E-state index in [-0.39, 0.29) is 0 Å². The molecule has 0 spiro atoms. The van der Waals surface area contributed by atoms with Gasteiger partial charge in [0, 0.05) is 36.5 Å². The fraction of sp³-hybridized carbons (Fsp3) is 0.214. The van der Waals surface area contributed by atoms with Crippen LogP contribution in [0.3, 0.4) is 0 Å². The minimum absolute atomic E-state index is 0.616. The summed E-state index contributed by atoms with van der Waals surface area (Å²) in [6.45, 7) is 2.13. The van der Waals surface area contributed by atoms with Gasteiger partial charge in [-0.3, -0.25) is 4.98 Å². The smallest absolute Gasteiger partial charge is 0.0460 e. The van der Waals surface area contributed by atoms with Crippen molar-refractivity contribution in [3.05, 3.63) is 54.4 Å². The fourth-order valence-corrected chi connectivity index (χ4v) is 1.95. The number of hydrogen-bond acceptors (Lipinski definition) is 2. The van der Waals surface area contributed by atoms with Gasteiger partial charge in [-0.1, -0.05) is 36.4 Å². The van der Waals surface area contributed by atoms with Gasteiger partial charge in [-0.05, 0) is 11.6 Å². The normalized spacial score (nSPS) is 15.8. The molecular formula is C14H14N2. The third-order valence-corrected chi connectivity index (χ3v) is 3.09. The van der Waals surface area contributed by atoms with E-state index in [4.69, 9.17) is 0 Å². The molecule has 0 unspecified atom stereocenters. The van der Waals surface area contributed by atoms with Gasteiger partial charge in [0.2, 0.25) is 0 Å². The van der Waals surface area contributed by atoms with E-state index in [9.17, 15) is 0 Å². The molecule has 0 aliphatic carbocycles. The van der Waals surface area contributed by atoms with Crippen LogP contribution in [0.2, 0.25) is 0 Å². The maximum absolute atomic E-state index is 4.54. The summed E-state index contributed by atoms with van der Waals surface area (Å²) in [7, 11) is 0. The fourth-order valence-electron chi connectivity index (χ4n) is 1.95. The standard InChI is InChI=1S/C14H14N2/c1-2-4-11(5-3-1)12-6-7-14(16-10-12)13-8-15-9-13/h1-7,10,13,15H,8-9H2. The quantitative estimate of drug-likeness (QED) is 0.823. The number of rotatable bonds is 2. The summed E-state index contributed by atoms with van der Waals surface area (Å²) in [6.07, 6.45) is 1.98. The predicted octanol–water partition coefficient (Wildman–Crippen LogP) is 2.44. The van der Waals surface area contributed by atoms with Crippen LogP contribution in [0.4, 0.5) is 0 Å². The second-order valence-corrected chi connectivity index (χ2v) is 4.19. The van der Waals surface area contributed by atoms with Crippen molar-refractivity contribution in [1.82, 2.24) is 10.3 Å². The largest absolute Gasteiger partial charge is 0.315 e. The van der Waals surface area contributed by atoms with Crippen molar-refractivity contribution < 1.29 is 0 Å². The molecule has 1 fully saturated rings. The van der Waals surface area contributed by atoms with E-state index in [2.05, 4.69) is 46.7 Å². The summed E-state index contributed by atoms with van der Waals surface area (Å²) in [5, 5.41) is 3.27. The molecule has 0 amide bonds. The van der Waals surface area contributed by atoms with Crippen molar-refractivity contribution in [1.29, 1.82) is 0 Å². The molecule has 2 aromatic rings. The first-order chi connectivity index (χ1) is 7.93. The topological polar surface area (TPSA) is 24.9 Å². The lowest BCUT2D eigenvalue weighted by molar-refractivity contribution is 0.440. The molecule has 1 aromatic heterocycles. The Morgan fingerprint density at radius 2 is 1.75 bits per heavy atom. The molecule has 1 aliphatic rings. The minimum Gasteiger partial charge on any atom is -0.315 e. The lowest BCUT2D eigenvalue weighted by atomic mass is 9.97. The number of nitrogens with one attached hydrogen (secondary N) is 1. The molecule has 2 heteroatoms. The van der Waals surface area contributed by atoms with Crippen molar-refractivity contribution >= 4 is 0 Å². The van der Waals surface area contributed by atoms with Gasteiger partial charge in [-0.15, -0.1) is 0 Å². The Kier molecular flexibility index (Phi) is 2.43. The van der Waals surface area contributed by atoms with Crippen molar-refractivity contribution in [3.8, 4) is 11.1 Å². The van der Waals surface area contributed by atoms with Gasteiger partial charge >= 0.3 is 0 Å². The highest BCUT2D eigenvalue weighted by molar-refractivity contribution is 5.62. The summed E-state index contributed by atoms with van der Waals surface area (Å²) < 4.78 is 0. The second-order valence-electron chi connectivity index (χ2n) is 4.19. The lowest BCUT2D eigenvalue weighted by Crippen LogP contribution is -2.40. The van der Waals surface area contributed by atoms with Crippen molar-refractivity contribution in [3.63, 3.8) is 0 Å². The zero-order valence-electron chi connectivity index (χ0n) is 9.06. The molecule has 2 nitrogen and oxygen atoms in total. The highest BCUT2D eigenvalue weighted by atomic mass is 15.0. The number of benzene rings is 1. The summed E-state index contributed by atoms with van der Waals surface area (Å²) in [5.74, 6) is 0.616. The molecule has 1 aromatic carbocycles. The maximum atomic E-state index is 4.54. The first-order valence-corrected chi connectivity index (χ1v) is 5.65. The van der Waals surface area contributed by atoms with E-state index in [0.29, 0.717) is 5.92 Å². The molecule has 1 saturated heterocycles. The van der Waals surface area contributed by atoms with Gasteiger partial charge in [0.25, 0.3) is 0 Å². The second kappa shape index (κ2) is 4.06. The Morgan fingerprint density at radius 3 is 2.31 bits per heavy atom. The van der Waals surface area contributed by atoms with Gasteiger partial charge in [0.05, 0.1) is 0 Å². The van der Waals surface area contributed by atoms with Crippen LogP contribution in [-0.2, 0) is 0 Å². The van der Waals surface area contributed by atoms with E-state index >= 15 is 0 Å². The van der Waals surface area contributed by atoms with Gasteiger partial charge in [0.15, 0.2) is 0 Å². The molecule has 1 N–H and O–H groups in total. The van der Waals surface area contributed by atoms with Gasteiger partial charge < -0.3 is 5.32 Å². The number of pyridine rings is 1. The van der Waals surface area contributed by atoms with E-state index in [0.717, 1.165) is 13.1 Å². The van der Waals surface area contributed by atoms with Crippen LogP contribution in [0.1, 0.15) is 11.6 Å². The van der Waals surface area contributed by atoms with E-state index in [1.54, 1.807) is 0 Å². The van der Waals surface area contributed by atoms with Gasteiger partial charge in [-0.25, -0.2) is 0 Å². The van der Waals surface area contributed by atoms with Gasteiger partial charge in [0.1, 0.15) is 0 Å². The zero-order valence-corrected chi connectivity index (χ0v) is 9.06. The Bertz CT molecular complexity index is 458. The SMILES string of the molecule is c1ccc(-c2ccc(C3CNC3)nc2)cc1. The van der Waals surface area contributed by atoms with Crippen LogP contribution >= 0.6 is 0 Å². The third-order valence-electron chi connectivity index (χ3n) is 3.09. The number of aromatic nitrogens is 1. The Hall–Kier alpha value is -1.67. The molecule has 0 bridgehead atoms. The van der Waals surface area contributed by atoms with Crippen LogP contribution in [0, 0.1) is 0 Å². The van der Waals surface area contributed by atoms with Crippen LogP contribution in [0.15, 0.2) is 48.7 Å². The molecule has 0 atom stereocenters. The Labute approximate surface area is 95.3 Å². The highest BCUT2D eigenvalue weighted by Gasteiger charge is 2.19. The van der Waals surface area contributed by atoms with Gasteiger partial charge in [-0.2, -0.15) is 0 Å².